The van der Waals surface area contributed by atoms with Crippen LogP contribution in [-0.4, -0.2) is 318 Å². The molecule has 15 atom stereocenters. The van der Waals surface area contributed by atoms with Crippen molar-refractivity contribution in [3.8, 4) is 34.5 Å². The number of rotatable bonds is 41. The van der Waals surface area contributed by atoms with E-state index < -0.39 is 106 Å². The number of phenolic OH excluding ortho intramolecular Hbond substituents is 1. The zero-order chi connectivity index (χ0) is 101. The number of aromatic hydroxyl groups is 1. The summed E-state index contributed by atoms with van der Waals surface area (Å²) in [4.78, 5) is 168. The Bertz CT molecular complexity index is 5500. The van der Waals surface area contributed by atoms with E-state index in [0.29, 0.717) is 142 Å². The van der Waals surface area contributed by atoms with Crippen LogP contribution in [0.4, 0.5) is 14.4 Å². The van der Waals surface area contributed by atoms with Crippen molar-refractivity contribution in [3.05, 3.63) is 105 Å². The lowest BCUT2D eigenvalue weighted by Gasteiger charge is -2.62. The van der Waals surface area contributed by atoms with E-state index >= 15 is 0 Å². The number of ketones is 5. The molecule has 17 rings (SSSR count). The lowest BCUT2D eigenvalue weighted by molar-refractivity contribution is -0.169. The summed E-state index contributed by atoms with van der Waals surface area (Å²) in [6, 6.07) is 11.1. The topological polar surface area (TPSA) is 564 Å². The number of carboxylic acid groups (broad SMARTS) is 1. The van der Waals surface area contributed by atoms with Gasteiger partial charge in [-0.05, 0) is 202 Å². The number of hydrogen-bond acceptors (Lipinski definition) is 29. The van der Waals surface area contributed by atoms with Crippen LogP contribution < -0.4 is 62.6 Å². The number of piperidine rings is 3. The number of likely N-dealkylation sites (tertiary alicyclic amines) is 3. The number of nitrogens with two attached hydrogens (primary N) is 4. The predicted molar refractivity (Wildman–Crippen MR) is 507 cm³/mol. The van der Waals surface area contributed by atoms with Gasteiger partial charge in [0.05, 0.1) is 72.4 Å². The van der Waals surface area contributed by atoms with Gasteiger partial charge in [-0.25, -0.2) is 14.4 Å². The average molecular weight is 1950 g/mol. The van der Waals surface area contributed by atoms with Crippen LogP contribution in [0.5, 0.6) is 34.5 Å². The van der Waals surface area contributed by atoms with Crippen molar-refractivity contribution in [2.45, 2.75) is 238 Å². The standard InChI is InChI=1S/C36H50N6O8.C33H46N6O8.C31H39N3O9/c1-21(43)17-25(44)18-24(5-4-13-40-33(37)38)32(45)39-14-16-41(2)34(46)49-27-10-11-36(47)28-19-23-8-9-26(48-3)30-29(23)35(36,31(27)50-30)12-15-42(28)20-22-6-7-22;1-19(40)16-22(41)17-21(6-5-12-37-30(34)35)29(42)36-13-15-39(3)31(43)46-24-9-10-33(44)25-18-20-7-8-23(45-4)27-26(20)32(33,28(24)47-27)11-14-38(25)2;1-17(35)13-20(15-24(37)38)28(39)32-10-12-33(2)29(40)42-22-7-8-31(41)23-14-19-5-6-21(36)26-25(19)30(31,27(22)43-26)9-11-34(23)16-18-3-4-18/h8-10,22,24,28,31,47H,4-7,11-20H2,1-3H3,(H,39,45)(H4,37,38,40);7-9,21,25,28,44H,5-6,10-18H2,1-4H3,(H,36,42)(H4,34,35,37);5-7,18,20,23,27,36,41H,3-4,8-16H2,1-2H3,(H,32,39)(H,37,38)/t24-,28+,31-,35-,36+;21-,25+,28-,32-,33+;20-,23-,27+,30+,31-/m001/s1. The van der Waals surface area contributed by atoms with E-state index in [9.17, 15) is 78.0 Å². The van der Waals surface area contributed by atoms with Crippen LogP contribution in [0.1, 0.15) is 183 Å². The average Bonchev–Trinajstić information content (AvgIpc) is 1.48. The second-order valence-corrected chi connectivity index (χ2v) is 40.6. The molecule has 2 saturated carbocycles. The molecule has 5 fully saturated rings. The molecule has 3 aromatic rings. The monoisotopic (exact) mass is 1950 g/mol. The number of carbonyl (C=O) groups is 12. The number of likely N-dealkylation sites (N-methyl/N-ethyl adjacent to an activating group) is 4. The van der Waals surface area contributed by atoms with Gasteiger partial charge in [-0.3, -0.25) is 58.1 Å². The predicted octanol–water partition coefficient (Wildman–Crippen LogP) is 4.02. The molecule has 8 aliphatic carbocycles. The minimum Gasteiger partial charge on any atom is -0.504 e. The molecule has 140 heavy (non-hydrogen) atoms. The highest BCUT2D eigenvalue weighted by Crippen LogP contribution is 2.70. The molecule has 16 N–H and O–H groups in total. The Balaban J connectivity index is 0.000000159. The van der Waals surface area contributed by atoms with Crippen LogP contribution in [0.15, 0.2) is 81.9 Å². The van der Waals surface area contributed by atoms with Crippen LogP contribution in [0, 0.1) is 29.6 Å². The molecule has 14 aliphatic rings. The molecular formula is C100H135N15O25. The Labute approximate surface area is 813 Å². The summed E-state index contributed by atoms with van der Waals surface area (Å²) in [7, 11) is 9.86. The molecular weight excluding hydrogens is 1810 g/mol. The number of nitrogens with one attached hydrogen (secondary N) is 3. The number of aliphatic imine (C=N–C) groups is 2. The maximum absolute atomic E-state index is 13.5. The number of nitrogens with zero attached hydrogens (tertiary/aromatic N) is 8. The first-order valence-electron chi connectivity index (χ1n) is 48.8. The number of Topliss-reactive ketones (excluding diaryl/α,β-unsaturated/α-hetero) is 5. The molecule has 40 nitrogen and oxygen atoms in total. The first kappa shape index (κ1) is 102. The number of carboxylic acids is 1. The fourth-order valence-electron chi connectivity index (χ4n) is 24.2. The molecule has 6 bridgehead atoms. The summed E-state index contributed by atoms with van der Waals surface area (Å²) < 4.78 is 48.8. The fraction of sp³-hybridized carbons (Fsp3) is 0.620. The Morgan fingerprint density at radius 2 is 0.843 bits per heavy atom. The molecule has 3 saturated heterocycles. The van der Waals surface area contributed by atoms with Gasteiger partial charge in [-0.1, -0.05) is 18.2 Å². The SMILES string of the molecule is CC(=O)C[C@H](CC(=O)O)C(=O)NCCN(C)C(=O)OC1=CC[C@@]2(O)[C@H]3Cc4ccc(O)c5c4[C@@]2(CCN3CC2CC2)[C@H]1O5.COc1ccc2c3c1O[C@H]1C(OC(=O)N(C)CCNC(=O)[C@@H](CCCN=C(N)N)CC(=O)CC(C)=O)=CC[C@@]4(O)[C@@H](C2)N(C)CC[C@]314.COc1ccc2c3c1O[C@H]1C(OC(=O)N(C)CCNC(=O)[C@@H](CCCN=C(N)N)CC(=O)CC(C)=O)=CC[C@@]4(O)[C@@H](C2)N(CC2CC2)CC[C@]314. The van der Waals surface area contributed by atoms with E-state index in [2.05, 4.69) is 46.7 Å². The number of guanidine groups is 2. The van der Waals surface area contributed by atoms with Crippen molar-refractivity contribution >= 4 is 82.8 Å². The van der Waals surface area contributed by atoms with Gasteiger partial charge in [0.1, 0.15) is 46.2 Å². The molecule has 3 spiro atoms. The third-order valence-corrected chi connectivity index (χ3v) is 31.2. The van der Waals surface area contributed by atoms with Gasteiger partial charge in [0.15, 0.2) is 64.7 Å². The fourth-order valence-corrected chi connectivity index (χ4v) is 24.2. The number of carbonyl (C=O) groups excluding carboxylic acids is 11. The Hall–Kier alpha value is -12.0. The van der Waals surface area contributed by atoms with Crippen molar-refractivity contribution < 1.29 is 121 Å². The molecule has 760 valence electrons. The van der Waals surface area contributed by atoms with Crippen molar-refractivity contribution in [2.24, 2.45) is 62.5 Å². The lowest BCUT2D eigenvalue weighted by atomic mass is 9.50. The van der Waals surface area contributed by atoms with E-state index in [1.165, 1.54) is 68.2 Å². The molecule has 6 heterocycles. The second-order valence-electron chi connectivity index (χ2n) is 40.6. The number of aliphatic carboxylic acids is 1. The van der Waals surface area contributed by atoms with Gasteiger partial charge in [-0.2, -0.15) is 0 Å². The summed E-state index contributed by atoms with van der Waals surface area (Å²) in [6.45, 7) is 9.42. The van der Waals surface area contributed by atoms with Crippen LogP contribution in [0.3, 0.4) is 0 Å². The normalized spacial score (nSPS) is 27.0. The number of ether oxygens (including phenoxy) is 8. The first-order chi connectivity index (χ1) is 66.6. The summed E-state index contributed by atoms with van der Waals surface area (Å²) in [5.41, 5.74) is 21.7. The Morgan fingerprint density at radius 1 is 0.486 bits per heavy atom. The maximum Gasteiger partial charge on any atom is 0.414 e. The van der Waals surface area contributed by atoms with Crippen molar-refractivity contribution in [1.29, 1.82) is 0 Å². The summed E-state index contributed by atoms with van der Waals surface area (Å²) in [5, 5.41) is 65.6. The number of aliphatic hydroxyl groups is 3. The van der Waals surface area contributed by atoms with Crippen molar-refractivity contribution in [3.63, 3.8) is 0 Å². The van der Waals surface area contributed by atoms with E-state index in [1.807, 2.05) is 31.3 Å². The van der Waals surface area contributed by atoms with Crippen molar-refractivity contribution in [1.82, 2.24) is 45.3 Å². The van der Waals surface area contributed by atoms with E-state index in [-0.39, 0.29) is 160 Å². The minimum absolute atomic E-state index is 0.00625. The number of hydrogen-bond donors (Lipinski definition) is 12. The molecule has 0 unspecified atom stereocenters. The van der Waals surface area contributed by atoms with Gasteiger partial charge >= 0.3 is 24.2 Å². The number of phenols is 1. The quantitative estimate of drug-likeness (QED) is 0.0125. The van der Waals surface area contributed by atoms with Gasteiger partial charge < -0.3 is 127 Å². The highest BCUT2D eigenvalue weighted by molar-refractivity contribution is 6.00. The van der Waals surface area contributed by atoms with E-state index in [1.54, 1.807) is 52.6 Å². The third-order valence-electron chi connectivity index (χ3n) is 31.2. The van der Waals surface area contributed by atoms with Gasteiger partial charge in [0.25, 0.3) is 0 Å². The summed E-state index contributed by atoms with van der Waals surface area (Å²) >= 11 is 0. The Kier molecular flexibility index (Phi) is 30.5. The highest BCUT2D eigenvalue weighted by atomic mass is 16.6. The number of methoxy groups -OCH3 is 2. The molecule has 0 radical (unpaired) electrons. The third kappa shape index (κ3) is 20.0. The summed E-state index contributed by atoms with van der Waals surface area (Å²) in [6.07, 6.45) is 11.2. The molecule has 0 aromatic heterocycles. The lowest BCUT2D eigenvalue weighted by Crippen LogP contribution is -2.75. The van der Waals surface area contributed by atoms with Crippen LogP contribution >= 0.6 is 0 Å². The largest absolute Gasteiger partial charge is 0.504 e. The van der Waals surface area contributed by atoms with Crippen molar-refractivity contribution in [2.75, 3.05) is 127 Å². The van der Waals surface area contributed by atoms with Gasteiger partial charge in [-0.15, -0.1) is 0 Å². The smallest absolute Gasteiger partial charge is 0.414 e. The Morgan fingerprint density at radius 3 is 1.21 bits per heavy atom. The minimum atomic E-state index is -1.18. The summed E-state index contributed by atoms with van der Waals surface area (Å²) in [5.74, 6) is -1.33. The zero-order valence-corrected chi connectivity index (χ0v) is 81.3. The molecule has 40 heteroatoms. The van der Waals surface area contributed by atoms with Gasteiger partial charge in [0.2, 0.25) is 17.7 Å². The number of benzene rings is 3. The molecule has 6 amide bonds. The van der Waals surface area contributed by atoms with Crippen LogP contribution in [-0.2, 0) is 92.9 Å². The number of amides is 6. The highest BCUT2D eigenvalue weighted by Gasteiger charge is 2.76. The maximum atomic E-state index is 13.5. The van der Waals surface area contributed by atoms with Crippen LogP contribution in [0.2, 0.25) is 0 Å². The molecule has 3 aromatic carbocycles. The van der Waals surface area contributed by atoms with E-state index in [4.69, 9.17) is 65.9 Å². The molecule has 6 aliphatic heterocycles. The first-order valence-corrected chi connectivity index (χ1v) is 48.8. The van der Waals surface area contributed by atoms with E-state index in [0.717, 1.165) is 66.1 Å². The van der Waals surface area contributed by atoms with Gasteiger partial charge in [0, 0.05) is 172 Å². The second kappa shape index (κ2) is 41.7. The van der Waals surface area contributed by atoms with Crippen LogP contribution in [0.25, 0.3) is 0 Å². The zero-order valence-electron chi connectivity index (χ0n) is 81.3.